The van der Waals surface area contributed by atoms with Crippen LogP contribution < -0.4 is 5.56 Å². The lowest BCUT2D eigenvalue weighted by molar-refractivity contribution is -0.135. The predicted molar refractivity (Wildman–Crippen MR) is 129 cm³/mol. The van der Waals surface area contributed by atoms with Gasteiger partial charge >= 0.3 is 0 Å². The monoisotopic (exact) mass is 448 g/mol. The second-order valence-corrected chi connectivity index (χ2v) is 10.3. The van der Waals surface area contributed by atoms with Gasteiger partial charge in [0.25, 0.3) is 5.56 Å². The first-order valence-corrected chi connectivity index (χ1v) is 12.7. The summed E-state index contributed by atoms with van der Waals surface area (Å²) >= 11 is 0. The van der Waals surface area contributed by atoms with E-state index in [0.29, 0.717) is 24.3 Å². The van der Waals surface area contributed by atoms with Crippen LogP contribution in [0.15, 0.2) is 35.1 Å². The van der Waals surface area contributed by atoms with E-state index < -0.39 is 0 Å². The number of likely N-dealkylation sites (tertiary alicyclic amines) is 1. The van der Waals surface area contributed by atoms with Gasteiger partial charge in [-0.2, -0.15) is 0 Å². The number of aromatic amines is 1. The maximum absolute atomic E-state index is 14.0. The molecule has 0 spiro atoms. The molecule has 2 aromatic rings. The Hall–Kier alpha value is -2.47. The van der Waals surface area contributed by atoms with Gasteiger partial charge in [-0.3, -0.25) is 14.5 Å². The number of carbonyl (C=O) groups excluding carboxylic acids is 1. The smallest absolute Gasteiger partial charge is 0.254 e. The molecule has 1 N–H and O–H groups in total. The molecule has 0 unspecified atom stereocenters. The van der Waals surface area contributed by atoms with Crippen molar-refractivity contribution in [3.63, 3.8) is 0 Å². The summed E-state index contributed by atoms with van der Waals surface area (Å²) in [5.41, 5.74) is 2.82. The number of benzene rings is 1. The van der Waals surface area contributed by atoms with Crippen LogP contribution in [0.3, 0.4) is 0 Å². The zero-order valence-corrected chi connectivity index (χ0v) is 19.9. The Labute approximate surface area is 196 Å². The van der Waals surface area contributed by atoms with E-state index >= 15 is 0 Å². The molecule has 1 aliphatic carbocycles. The summed E-state index contributed by atoms with van der Waals surface area (Å²) in [6.07, 6.45) is 7.18. The van der Waals surface area contributed by atoms with E-state index in [1.807, 2.05) is 23.1 Å². The van der Waals surface area contributed by atoms with Gasteiger partial charge in [-0.1, -0.05) is 43.2 Å². The minimum Gasteiger partial charge on any atom is -0.332 e. The topological polar surface area (TPSA) is 69.3 Å². The molecule has 3 heterocycles. The number of amides is 1. The molecule has 1 aromatic carbocycles. The number of carbonyl (C=O) groups is 1. The van der Waals surface area contributed by atoms with E-state index in [0.717, 1.165) is 62.0 Å². The quantitative estimate of drug-likeness (QED) is 0.745. The molecule has 1 saturated heterocycles. The summed E-state index contributed by atoms with van der Waals surface area (Å²) in [5, 5.41) is 0. The van der Waals surface area contributed by atoms with Crippen LogP contribution in [0.2, 0.25) is 0 Å². The third kappa shape index (κ3) is 4.37. The summed E-state index contributed by atoms with van der Waals surface area (Å²) < 4.78 is 0. The number of nitrogens with one attached hydrogen (secondary N) is 1. The van der Waals surface area contributed by atoms with E-state index in [-0.39, 0.29) is 23.4 Å². The molecule has 176 valence electrons. The van der Waals surface area contributed by atoms with Gasteiger partial charge in [-0.15, -0.1) is 0 Å². The van der Waals surface area contributed by atoms with Crippen LogP contribution in [0.5, 0.6) is 0 Å². The van der Waals surface area contributed by atoms with Crippen LogP contribution in [0.1, 0.15) is 87.0 Å². The Bertz CT molecular complexity index is 1040. The minimum absolute atomic E-state index is 0.0203. The van der Waals surface area contributed by atoms with Gasteiger partial charge in [0.2, 0.25) is 5.91 Å². The predicted octanol–water partition coefficient (Wildman–Crippen LogP) is 4.17. The number of fused-ring (bicyclic) bond motifs is 1. The molecule has 0 radical (unpaired) electrons. The molecule has 0 bridgehead atoms. The molecule has 1 aromatic heterocycles. The SMILES string of the molecule is CC(C)N1CCc2c(nc([C@@H]3CCCN3C(=O)[C@H](c3ccccc3)C3CCCC3)[nH]c2=O)C1. The summed E-state index contributed by atoms with van der Waals surface area (Å²) in [7, 11) is 0. The number of rotatable bonds is 5. The zero-order valence-electron chi connectivity index (χ0n) is 19.9. The lowest BCUT2D eigenvalue weighted by atomic mass is 9.83. The molecule has 2 aliphatic heterocycles. The Morgan fingerprint density at radius 3 is 2.55 bits per heavy atom. The van der Waals surface area contributed by atoms with Gasteiger partial charge in [0, 0.05) is 31.2 Å². The second kappa shape index (κ2) is 9.41. The number of hydrogen-bond donors (Lipinski definition) is 1. The van der Waals surface area contributed by atoms with Crippen molar-refractivity contribution >= 4 is 5.91 Å². The lowest BCUT2D eigenvalue weighted by Crippen LogP contribution is -2.41. The van der Waals surface area contributed by atoms with Gasteiger partial charge in [0.15, 0.2) is 0 Å². The molecule has 1 amide bonds. The summed E-state index contributed by atoms with van der Waals surface area (Å²) in [6.45, 7) is 6.70. The van der Waals surface area contributed by atoms with E-state index in [9.17, 15) is 9.59 Å². The normalized spacial score (nSPS) is 22.6. The molecular weight excluding hydrogens is 412 g/mol. The van der Waals surface area contributed by atoms with Crippen LogP contribution in [0, 0.1) is 5.92 Å². The average Bonchev–Trinajstić information content (AvgIpc) is 3.52. The van der Waals surface area contributed by atoms with E-state index in [2.05, 4.69) is 35.9 Å². The van der Waals surface area contributed by atoms with Crippen LogP contribution in [-0.4, -0.2) is 44.8 Å². The number of hydrogen-bond acceptors (Lipinski definition) is 4. The molecular formula is C27H36N4O2. The minimum atomic E-state index is -0.141. The molecule has 5 rings (SSSR count). The van der Waals surface area contributed by atoms with Crippen molar-refractivity contribution < 1.29 is 4.79 Å². The standard InChI is InChI=1S/C27H36N4O2/c1-18(2)30-16-14-21-22(17-30)28-25(29-26(21)32)23-13-8-15-31(23)27(33)24(20-11-6-7-12-20)19-9-4-3-5-10-19/h3-5,9-10,18,20,23-24H,6-8,11-17H2,1-2H3,(H,28,29,32)/t23-,24+/m0/s1. The maximum Gasteiger partial charge on any atom is 0.254 e. The van der Waals surface area contributed by atoms with E-state index in [1.165, 1.54) is 12.8 Å². The third-order valence-corrected chi connectivity index (χ3v) is 8.00. The third-order valence-electron chi connectivity index (χ3n) is 8.00. The van der Waals surface area contributed by atoms with Crippen LogP contribution in [0.25, 0.3) is 0 Å². The summed E-state index contributed by atoms with van der Waals surface area (Å²) in [6, 6.07) is 10.6. The van der Waals surface area contributed by atoms with Gasteiger partial charge in [-0.05, 0) is 57.4 Å². The Balaban J connectivity index is 1.45. The fourth-order valence-corrected chi connectivity index (χ4v) is 6.14. The van der Waals surface area contributed by atoms with Gasteiger partial charge in [-0.25, -0.2) is 4.98 Å². The maximum atomic E-state index is 14.0. The Morgan fingerprint density at radius 1 is 1.06 bits per heavy atom. The Kier molecular flexibility index (Phi) is 6.37. The van der Waals surface area contributed by atoms with E-state index in [1.54, 1.807) is 0 Å². The Morgan fingerprint density at radius 2 is 1.82 bits per heavy atom. The van der Waals surface area contributed by atoms with Crippen molar-refractivity contribution in [1.82, 2.24) is 19.8 Å². The molecule has 33 heavy (non-hydrogen) atoms. The van der Waals surface area contributed by atoms with Crippen LogP contribution in [-0.2, 0) is 17.8 Å². The van der Waals surface area contributed by atoms with Crippen LogP contribution >= 0.6 is 0 Å². The first-order valence-electron chi connectivity index (χ1n) is 12.7. The number of H-pyrrole nitrogens is 1. The van der Waals surface area contributed by atoms with Crippen molar-refractivity contribution in [3.05, 3.63) is 63.3 Å². The van der Waals surface area contributed by atoms with Crippen molar-refractivity contribution in [2.24, 2.45) is 5.92 Å². The summed E-state index contributed by atoms with van der Waals surface area (Å²) in [5.74, 6) is 1.18. The van der Waals surface area contributed by atoms with Crippen molar-refractivity contribution in [2.75, 3.05) is 13.1 Å². The van der Waals surface area contributed by atoms with Crippen molar-refractivity contribution in [1.29, 1.82) is 0 Å². The van der Waals surface area contributed by atoms with Gasteiger partial charge in [0.05, 0.1) is 17.7 Å². The highest BCUT2D eigenvalue weighted by Gasteiger charge is 2.40. The molecule has 2 atom stereocenters. The highest BCUT2D eigenvalue weighted by atomic mass is 16.2. The molecule has 6 heteroatoms. The van der Waals surface area contributed by atoms with Gasteiger partial charge in [0.1, 0.15) is 5.82 Å². The second-order valence-electron chi connectivity index (χ2n) is 10.3. The fourth-order valence-electron chi connectivity index (χ4n) is 6.14. The highest BCUT2D eigenvalue weighted by molar-refractivity contribution is 5.84. The number of aromatic nitrogens is 2. The van der Waals surface area contributed by atoms with Crippen LogP contribution in [0.4, 0.5) is 0 Å². The molecule has 6 nitrogen and oxygen atoms in total. The molecule has 3 aliphatic rings. The summed E-state index contributed by atoms with van der Waals surface area (Å²) in [4.78, 5) is 39.4. The first kappa shape index (κ1) is 22.3. The van der Waals surface area contributed by atoms with Gasteiger partial charge < -0.3 is 9.88 Å². The fraction of sp³-hybridized carbons (Fsp3) is 0.593. The zero-order chi connectivity index (χ0) is 22.9. The molecule has 1 saturated carbocycles. The molecule has 2 fully saturated rings. The number of nitrogens with zero attached hydrogens (tertiary/aromatic N) is 3. The average molecular weight is 449 g/mol. The van der Waals surface area contributed by atoms with E-state index in [4.69, 9.17) is 4.98 Å². The first-order chi connectivity index (χ1) is 16.0. The largest absolute Gasteiger partial charge is 0.332 e. The highest BCUT2D eigenvalue weighted by Crippen LogP contribution is 2.41. The lowest BCUT2D eigenvalue weighted by Gasteiger charge is -2.33. The van der Waals surface area contributed by atoms with Crippen molar-refractivity contribution in [2.45, 2.75) is 83.3 Å². The van der Waals surface area contributed by atoms with Crippen molar-refractivity contribution in [3.8, 4) is 0 Å².